The molecule has 1 N–H and O–H groups in total. The summed E-state index contributed by atoms with van der Waals surface area (Å²) in [5, 5.41) is 10.0. The van der Waals surface area contributed by atoms with Crippen molar-refractivity contribution in [3.8, 4) is 5.75 Å². The maximum absolute atomic E-state index is 10.0. The van der Waals surface area contributed by atoms with Gasteiger partial charge in [0.1, 0.15) is 5.75 Å². The molecule has 0 aromatic heterocycles. The maximum atomic E-state index is 10.0. The predicted octanol–water partition coefficient (Wildman–Crippen LogP) is 3.89. The second kappa shape index (κ2) is 6.83. The Morgan fingerprint density at radius 1 is 1.39 bits per heavy atom. The predicted molar refractivity (Wildman–Crippen MR) is 82.6 cm³/mol. The number of aliphatic hydroxyl groups is 1. The molecule has 0 fully saturated rings. The third-order valence-electron chi connectivity index (χ3n) is 2.40. The summed E-state index contributed by atoms with van der Waals surface area (Å²) in [6, 6.07) is 5.92. The minimum absolute atomic E-state index is 0.196. The molecule has 1 rings (SSSR count). The van der Waals surface area contributed by atoms with E-state index in [-0.39, 0.29) is 10.9 Å². The molecule has 0 saturated heterocycles. The van der Waals surface area contributed by atoms with Crippen LogP contribution in [0, 0.1) is 0 Å². The van der Waals surface area contributed by atoms with E-state index in [1.54, 1.807) is 18.9 Å². The lowest BCUT2D eigenvalue weighted by Gasteiger charge is -2.20. The van der Waals surface area contributed by atoms with Gasteiger partial charge >= 0.3 is 0 Å². The summed E-state index contributed by atoms with van der Waals surface area (Å²) in [7, 11) is 1.65. The molecule has 18 heavy (non-hydrogen) atoms. The van der Waals surface area contributed by atoms with Crippen molar-refractivity contribution in [2.45, 2.75) is 38.0 Å². The first-order chi connectivity index (χ1) is 8.31. The van der Waals surface area contributed by atoms with Gasteiger partial charge in [0.15, 0.2) is 0 Å². The van der Waals surface area contributed by atoms with E-state index < -0.39 is 0 Å². The smallest absolute Gasteiger partial charge is 0.133 e. The minimum Gasteiger partial charge on any atom is -0.496 e. The van der Waals surface area contributed by atoms with Gasteiger partial charge in [-0.3, -0.25) is 0 Å². The Balaban J connectivity index is 2.54. The summed E-state index contributed by atoms with van der Waals surface area (Å²) < 4.78 is 6.31. The number of rotatable bonds is 5. The normalized spacial score (nSPS) is 13.4. The largest absolute Gasteiger partial charge is 0.496 e. The Morgan fingerprint density at radius 2 is 2.06 bits per heavy atom. The number of halogens is 1. The number of methoxy groups -OCH3 is 1. The first-order valence-corrected chi connectivity index (χ1v) is 7.74. The molecule has 0 amide bonds. The van der Waals surface area contributed by atoms with Gasteiger partial charge in [0.05, 0.1) is 17.7 Å². The summed E-state index contributed by atoms with van der Waals surface area (Å²) in [5.74, 6) is 1.57. The fourth-order valence-electron chi connectivity index (χ4n) is 1.51. The summed E-state index contributed by atoms with van der Waals surface area (Å²) in [5.41, 5.74) is 1.12. The van der Waals surface area contributed by atoms with Crippen molar-refractivity contribution in [1.82, 2.24) is 0 Å². The molecule has 1 atom stereocenters. The SMILES string of the molecule is COc1ccc(CC(O)CSC(C)(C)C)cc1Br. The van der Waals surface area contributed by atoms with Crippen LogP contribution in [0.3, 0.4) is 0 Å². The molecular formula is C14H21BrO2S. The van der Waals surface area contributed by atoms with Crippen molar-refractivity contribution in [3.63, 3.8) is 0 Å². The highest BCUT2D eigenvalue weighted by Crippen LogP contribution is 2.27. The number of hydrogen-bond donors (Lipinski definition) is 1. The molecule has 0 radical (unpaired) electrons. The van der Waals surface area contributed by atoms with Gasteiger partial charge in [-0.15, -0.1) is 0 Å². The van der Waals surface area contributed by atoms with Crippen LogP contribution in [0.4, 0.5) is 0 Å². The quantitative estimate of drug-likeness (QED) is 0.886. The molecule has 4 heteroatoms. The highest BCUT2D eigenvalue weighted by Gasteiger charge is 2.14. The van der Waals surface area contributed by atoms with Crippen molar-refractivity contribution in [1.29, 1.82) is 0 Å². The molecule has 0 aliphatic heterocycles. The molecule has 0 spiro atoms. The van der Waals surface area contributed by atoms with Crippen molar-refractivity contribution in [2.24, 2.45) is 0 Å². The van der Waals surface area contributed by atoms with E-state index in [1.807, 2.05) is 18.2 Å². The number of hydrogen-bond acceptors (Lipinski definition) is 3. The summed E-state index contributed by atoms with van der Waals surface area (Å²) in [4.78, 5) is 0. The molecule has 1 aromatic rings. The second-order valence-corrected chi connectivity index (χ2v) is 7.95. The third-order valence-corrected chi connectivity index (χ3v) is 4.43. The fraction of sp³-hybridized carbons (Fsp3) is 0.571. The van der Waals surface area contributed by atoms with Crippen LogP contribution in [-0.2, 0) is 6.42 Å². The maximum Gasteiger partial charge on any atom is 0.133 e. The zero-order chi connectivity index (χ0) is 13.8. The monoisotopic (exact) mass is 332 g/mol. The fourth-order valence-corrected chi connectivity index (χ4v) is 2.91. The third kappa shape index (κ3) is 5.63. The van der Waals surface area contributed by atoms with E-state index in [9.17, 15) is 5.11 Å². The summed E-state index contributed by atoms with van der Waals surface area (Å²) >= 11 is 5.24. The van der Waals surface area contributed by atoms with Gasteiger partial charge in [0, 0.05) is 10.5 Å². The molecule has 0 bridgehead atoms. The second-order valence-electron chi connectivity index (χ2n) is 5.25. The van der Waals surface area contributed by atoms with Gasteiger partial charge in [0.25, 0.3) is 0 Å². The van der Waals surface area contributed by atoms with Crippen molar-refractivity contribution < 1.29 is 9.84 Å². The average molecular weight is 333 g/mol. The van der Waals surface area contributed by atoms with E-state index in [1.165, 1.54) is 0 Å². The molecule has 1 unspecified atom stereocenters. The zero-order valence-electron chi connectivity index (χ0n) is 11.4. The van der Waals surface area contributed by atoms with Crippen molar-refractivity contribution >= 4 is 27.7 Å². The summed E-state index contributed by atoms with van der Waals surface area (Å²) in [6.45, 7) is 6.48. The molecule has 102 valence electrons. The molecule has 0 heterocycles. The van der Waals surface area contributed by atoms with Crippen LogP contribution in [0.25, 0.3) is 0 Å². The van der Waals surface area contributed by atoms with E-state index in [0.717, 1.165) is 21.5 Å². The van der Waals surface area contributed by atoms with Crippen LogP contribution < -0.4 is 4.74 Å². The van der Waals surface area contributed by atoms with E-state index in [4.69, 9.17) is 4.74 Å². The molecular weight excluding hydrogens is 312 g/mol. The first-order valence-electron chi connectivity index (χ1n) is 5.96. The van der Waals surface area contributed by atoms with E-state index in [2.05, 4.69) is 36.7 Å². The topological polar surface area (TPSA) is 29.5 Å². The number of benzene rings is 1. The van der Waals surface area contributed by atoms with E-state index >= 15 is 0 Å². The van der Waals surface area contributed by atoms with Crippen LogP contribution in [0.1, 0.15) is 26.3 Å². The van der Waals surface area contributed by atoms with Crippen LogP contribution in [0.2, 0.25) is 0 Å². The Labute approximate surface area is 122 Å². The van der Waals surface area contributed by atoms with Crippen LogP contribution in [0.15, 0.2) is 22.7 Å². The summed E-state index contributed by atoms with van der Waals surface area (Å²) in [6.07, 6.45) is 0.362. The lowest BCUT2D eigenvalue weighted by atomic mass is 10.1. The molecule has 0 aliphatic carbocycles. The van der Waals surface area contributed by atoms with Gasteiger partial charge in [-0.2, -0.15) is 11.8 Å². The zero-order valence-corrected chi connectivity index (χ0v) is 13.8. The van der Waals surface area contributed by atoms with Gasteiger partial charge in [-0.05, 0) is 40.0 Å². The molecule has 2 nitrogen and oxygen atoms in total. The van der Waals surface area contributed by atoms with Crippen molar-refractivity contribution in [2.75, 3.05) is 12.9 Å². The Bertz CT molecular complexity index is 388. The molecule has 0 aliphatic rings. The van der Waals surface area contributed by atoms with Gasteiger partial charge in [-0.1, -0.05) is 26.8 Å². The highest BCUT2D eigenvalue weighted by molar-refractivity contribution is 9.10. The van der Waals surface area contributed by atoms with Gasteiger partial charge in [-0.25, -0.2) is 0 Å². The van der Waals surface area contributed by atoms with Crippen LogP contribution in [0.5, 0.6) is 5.75 Å². The number of ether oxygens (including phenoxy) is 1. The highest BCUT2D eigenvalue weighted by atomic mass is 79.9. The lowest BCUT2D eigenvalue weighted by molar-refractivity contribution is 0.200. The van der Waals surface area contributed by atoms with Crippen LogP contribution >= 0.6 is 27.7 Å². The van der Waals surface area contributed by atoms with Gasteiger partial charge < -0.3 is 9.84 Å². The Kier molecular flexibility index (Phi) is 6.02. The first kappa shape index (κ1) is 15.9. The van der Waals surface area contributed by atoms with E-state index in [0.29, 0.717) is 6.42 Å². The molecule has 0 saturated carbocycles. The number of thioether (sulfide) groups is 1. The van der Waals surface area contributed by atoms with Gasteiger partial charge in [0.2, 0.25) is 0 Å². The van der Waals surface area contributed by atoms with Crippen LogP contribution in [-0.4, -0.2) is 28.8 Å². The lowest BCUT2D eigenvalue weighted by Crippen LogP contribution is -2.18. The number of aliphatic hydroxyl groups excluding tert-OH is 1. The Hall–Kier alpha value is -0.190. The molecule has 1 aromatic carbocycles. The Morgan fingerprint density at radius 3 is 2.56 bits per heavy atom. The minimum atomic E-state index is -0.311. The standard InChI is InChI=1S/C14H21BrO2S/c1-14(2,3)18-9-11(16)7-10-5-6-13(17-4)12(15)8-10/h5-6,8,11,16H,7,9H2,1-4H3. The average Bonchev–Trinajstić information content (AvgIpc) is 2.26. The van der Waals surface area contributed by atoms with Crippen molar-refractivity contribution in [3.05, 3.63) is 28.2 Å².